The summed E-state index contributed by atoms with van der Waals surface area (Å²) in [5.74, 6) is -0.557. The molecule has 0 spiro atoms. The number of thioether (sulfide) groups is 1. The van der Waals surface area contributed by atoms with E-state index >= 15 is 0 Å². The molecule has 5 aromatic rings. The molecule has 0 aromatic heterocycles. The third kappa shape index (κ3) is 8.88. The van der Waals surface area contributed by atoms with Gasteiger partial charge in [-0.2, -0.15) is 0 Å². The summed E-state index contributed by atoms with van der Waals surface area (Å²) in [5.41, 5.74) is 3.01. The SMILES string of the molecule is COc1cccc(/C=C(\NC(=O)c2ccccc2)C(=O)Nc2cccc(SC(C(=O)Nc3cccc(Cl)c3)c3ccccc3)c2)c1. The molecule has 3 amide bonds. The third-order valence-electron chi connectivity index (χ3n) is 6.71. The molecule has 1 unspecified atom stereocenters. The first-order valence-corrected chi connectivity index (χ1v) is 15.6. The van der Waals surface area contributed by atoms with Gasteiger partial charge in [-0.3, -0.25) is 14.4 Å². The Morgan fingerprint density at radius 1 is 0.739 bits per heavy atom. The van der Waals surface area contributed by atoms with E-state index in [-0.39, 0.29) is 11.6 Å². The molecule has 46 heavy (non-hydrogen) atoms. The molecular formula is C37H30ClN3O4S. The molecule has 230 valence electrons. The molecule has 0 aliphatic heterocycles. The molecule has 0 bridgehead atoms. The molecule has 3 N–H and O–H groups in total. The van der Waals surface area contributed by atoms with E-state index in [1.165, 1.54) is 11.8 Å². The van der Waals surface area contributed by atoms with Crippen LogP contribution in [0.3, 0.4) is 0 Å². The second kappa shape index (κ2) is 15.6. The summed E-state index contributed by atoms with van der Waals surface area (Å²) >= 11 is 7.47. The Kier molecular flexibility index (Phi) is 10.9. The largest absolute Gasteiger partial charge is 0.497 e. The van der Waals surface area contributed by atoms with Gasteiger partial charge in [-0.15, -0.1) is 11.8 Å². The second-order valence-corrected chi connectivity index (χ2v) is 11.7. The molecule has 1 atom stereocenters. The normalized spacial score (nSPS) is 11.7. The molecule has 0 aliphatic rings. The minimum atomic E-state index is -0.597. The second-order valence-electron chi connectivity index (χ2n) is 10.0. The van der Waals surface area contributed by atoms with Crippen LogP contribution in [0.25, 0.3) is 6.08 Å². The van der Waals surface area contributed by atoms with Gasteiger partial charge in [-0.05, 0) is 77.9 Å². The molecule has 0 heterocycles. The van der Waals surface area contributed by atoms with E-state index in [9.17, 15) is 14.4 Å². The van der Waals surface area contributed by atoms with Crippen molar-refractivity contribution >= 4 is 58.5 Å². The molecule has 0 radical (unpaired) electrons. The van der Waals surface area contributed by atoms with Crippen LogP contribution in [0.4, 0.5) is 11.4 Å². The molecule has 5 rings (SSSR count). The van der Waals surface area contributed by atoms with Gasteiger partial charge in [0, 0.05) is 26.9 Å². The van der Waals surface area contributed by atoms with E-state index in [4.69, 9.17) is 16.3 Å². The van der Waals surface area contributed by atoms with Gasteiger partial charge < -0.3 is 20.7 Å². The van der Waals surface area contributed by atoms with Crippen molar-refractivity contribution in [1.29, 1.82) is 0 Å². The molecular weight excluding hydrogens is 618 g/mol. The van der Waals surface area contributed by atoms with Crippen molar-refractivity contribution in [3.05, 3.63) is 161 Å². The number of carbonyl (C=O) groups is 3. The number of benzene rings is 5. The number of methoxy groups -OCH3 is 1. The summed E-state index contributed by atoms with van der Waals surface area (Å²) in [6.07, 6.45) is 1.59. The van der Waals surface area contributed by atoms with Crippen LogP contribution in [-0.4, -0.2) is 24.8 Å². The Balaban J connectivity index is 1.38. The monoisotopic (exact) mass is 647 g/mol. The highest BCUT2D eigenvalue weighted by Crippen LogP contribution is 2.37. The zero-order chi connectivity index (χ0) is 32.3. The maximum Gasteiger partial charge on any atom is 0.272 e. The lowest BCUT2D eigenvalue weighted by Gasteiger charge is -2.18. The zero-order valence-electron chi connectivity index (χ0n) is 24.8. The third-order valence-corrected chi connectivity index (χ3v) is 8.20. The Morgan fingerprint density at radius 3 is 2.13 bits per heavy atom. The number of hydrogen-bond acceptors (Lipinski definition) is 5. The molecule has 0 saturated heterocycles. The first-order chi connectivity index (χ1) is 22.4. The Hall–Kier alpha value is -5.31. The highest BCUT2D eigenvalue weighted by atomic mass is 35.5. The highest BCUT2D eigenvalue weighted by Gasteiger charge is 2.23. The smallest absolute Gasteiger partial charge is 0.272 e. The molecule has 9 heteroatoms. The van der Waals surface area contributed by atoms with Gasteiger partial charge in [0.05, 0.1) is 7.11 Å². The first-order valence-electron chi connectivity index (χ1n) is 14.3. The maximum atomic E-state index is 13.6. The summed E-state index contributed by atoms with van der Waals surface area (Å²) < 4.78 is 5.32. The van der Waals surface area contributed by atoms with Gasteiger partial charge in [-0.1, -0.05) is 84.4 Å². The van der Waals surface area contributed by atoms with Crippen molar-refractivity contribution in [3.8, 4) is 5.75 Å². The number of carbonyl (C=O) groups excluding carboxylic acids is 3. The van der Waals surface area contributed by atoms with Crippen LogP contribution in [-0.2, 0) is 9.59 Å². The molecule has 0 saturated carbocycles. The molecule has 0 fully saturated rings. The van der Waals surface area contributed by atoms with Gasteiger partial charge in [0.15, 0.2) is 0 Å². The fourth-order valence-corrected chi connectivity index (χ4v) is 5.77. The number of halogens is 1. The van der Waals surface area contributed by atoms with E-state index in [2.05, 4.69) is 16.0 Å². The van der Waals surface area contributed by atoms with Crippen LogP contribution >= 0.6 is 23.4 Å². The lowest BCUT2D eigenvalue weighted by Crippen LogP contribution is -2.30. The fourth-order valence-electron chi connectivity index (χ4n) is 4.50. The van der Waals surface area contributed by atoms with Gasteiger partial charge in [0.2, 0.25) is 5.91 Å². The average Bonchev–Trinajstić information content (AvgIpc) is 3.08. The summed E-state index contributed by atoms with van der Waals surface area (Å²) in [7, 11) is 1.56. The van der Waals surface area contributed by atoms with Crippen molar-refractivity contribution in [2.24, 2.45) is 0 Å². The van der Waals surface area contributed by atoms with E-state index < -0.39 is 17.1 Å². The predicted molar refractivity (Wildman–Crippen MR) is 185 cm³/mol. The summed E-state index contributed by atoms with van der Waals surface area (Å²) in [6, 6.07) is 39.4. The average molecular weight is 648 g/mol. The van der Waals surface area contributed by atoms with E-state index in [1.54, 1.807) is 104 Å². The minimum Gasteiger partial charge on any atom is -0.497 e. The van der Waals surface area contributed by atoms with Gasteiger partial charge in [-0.25, -0.2) is 0 Å². The lowest BCUT2D eigenvalue weighted by atomic mass is 10.1. The fraction of sp³-hybridized carbons (Fsp3) is 0.0541. The number of amides is 3. The van der Waals surface area contributed by atoms with Crippen LogP contribution in [0.2, 0.25) is 5.02 Å². The van der Waals surface area contributed by atoms with Gasteiger partial charge >= 0.3 is 0 Å². The topological polar surface area (TPSA) is 96.5 Å². The highest BCUT2D eigenvalue weighted by molar-refractivity contribution is 8.00. The number of ether oxygens (including phenoxy) is 1. The predicted octanol–water partition coefficient (Wildman–Crippen LogP) is 8.23. The molecule has 7 nitrogen and oxygen atoms in total. The van der Waals surface area contributed by atoms with Crippen LogP contribution in [0.5, 0.6) is 5.75 Å². The van der Waals surface area contributed by atoms with E-state index in [0.29, 0.717) is 33.3 Å². The van der Waals surface area contributed by atoms with E-state index in [1.807, 2.05) is 42.5 Å². The number of nitrogens with one attached hydrogen (secondary N) is 3. The van der Waals surface area contributed by atoms with E-state index in [0.717, 1.165) is 10.5 Å². The van der Waals surface area contributed by atoms with Gasteiger partial charge in [0.1, 0.15) is 16.7 Å². The van der Waals surface area contributed by atoms with Crippen LogP contribution in [0, 0.1) is 0 Å². The number of hydrogen-bond donors (Lipinski definition) is 3. The first kappa shape index (κ1) is 32.1. The Labute approximate surface area is 276 Å². The van der Waals surface area contributed by atoms with Crippen LogP contribution in [0.1, 0.15) is 26.7 Å². The molecule has 5 aromatic carbocycles. The number of anilines is 2. The van der Waals surface area contributed by atoms with Gasteiger partial charge in [0.25, 0.3) is 11.8 Å². The van der Waals surface area contributed by atoms with Crippen molar-refractivity contribution in [2.75, 3.05) is 17.7 Å². The summed E-state index contributed by atoms with van der Waals surface area (Å²) in [5, 5.41) is 8.52. The number of rotatable bonds is 11. The zero-order valence-corrected chi connectivity index (χ0v) is 26.3. The summed E-state index contributed by atoms with van der Waals surface area (Å²) in [4.78, 5) is 40.9. The van der Waals surface area contributed by atoms with Crippen molar-refractivity contribution in [1.82, 2.24) is 5.32 Å². The Bertz CT molecular complexity index is 1870. The van der Waals surface area contributed by atoms with Crippen molar-refractivity contribution in [2.45, 2.75) is 10.1 Å². The Morgan fingerprint density at radius 2 is 1.41 bits per heavy atom. The minimum absolute atomic E-state index is 0.0447. The maximum absolute atomic E-state index is 13.6. The van der Waals surface area contributed by atoms with Crippen molar-refractivity contribution < 1.29 is 19.1 Å². The van der Waals surface area contributed by atoms with Crippen molar-refractivity contribution in [3.63, 3.8) is 0 Å². The molecule has 0 aliphatic carbocycles. The summed E-state index contributed by atoms with van der Waals surface area (Å²) in [6.45, 7) is 0. The lowest BCUT2D eigenvalue weighted by molar-refractivity contribution is -0.116. The van der Waals surface area contributed by atoms with Crippen LogP contribution in [0.15, 0.2) is 144 Å². The van der Waals surface area contributed by atoms with Crippen LogP contribution < -0.4 is 20.7 Å². The standard InChI is InChI=1S/C37H30ClN3O4S/c1-45-31-19-8-11-25(21-31)22-33(41-35(42)27-14-6-3-7-15-27)36(43)39-30-18-10-20-32(24-30)46-34(26-12-4-2-5-13-26)37(44)40-29-17-9-16-28(38)23-29/h2-24,34H,1H3,(H,39,43)(H,40,44)(H,41,42)/b33-22-. The quantitative estimate of drug-likeness (QED) is 0.0991.